The molecule has 0 spiro atoms. The minimum absolute atomic E-state index is 0. The van der Waals surface area contributed by atoms with Crippen molar-refractivity contribution in [2.75, 3.05) is 0 Å². The first kappa shape index (κ1) is 28.4. The summed E-state index contributed by atoms with van der Waals surface area (Å²) in [5.74, 6) is 0. The molecule has 0 aliphatic carbocycles. The molecular formula is C28H41N2P2Rh-. The molecule has 0 aliphatic heterocycles. The second kappa shape index (κ2) is 12.2. The number of hydrogen-bond acceptors (Lipinski definition) is 0. The molecule has 0 amide bonds. The molecule has 0 bridgehead atoms. The summed E-state index contributed by atoms with van der Waals surface area (Å²) in [4.78, 5) is 0. The Morgan fingerprint density at radius 3 is 1.18 bits per heavy atom. The molecule has 5 heteroatoms. The van der Waals surface area contributed by atoms with Crippen molar-refractivity contribution in [1.82, 2.24) is 9.13 Å². The van der Waals surface area contributed by atoms with Crippen LogP contribution in [0.15, 0.2) is 60.9 Å². The van der Waals surface area contributed by atoms with Crippen molar-refractivity contribution in [3.05, 3.63) is 72.4 Å². The molecule has 0 unspecified atom stereocenters. The van der Waals surface area contributed by atoms with Gasteiger partial charge in [-0.25, -0.2) is 0 Å². The van der Waals surface area contributed by atoms with E-state index in [1.165, 1.54) is 22.0 Å². The first-order valence-corrected chi connectivity index (χ1v) is 15.4. The van der Waals surface area contributed by atoms with Crippen LogP contribution < -0.4 is 10.6 Å². The van der Waals surface area contributed by atoms with Crippen LogP contribution in [0.4, 0.5) is 0 Å². The zero-order valence-electron chi connectivity index (χ0n) is 21.7. The van der Waals surface area contributed by atoms with E-state index in [9.17, 15) is 0 Å². The normalized spacial score (nSPS) is 12.0. The van der Waals surface area contributed by atoms with Crippen molar-refractivity contribution in [1.29, 1.82) is 0 Å². The van der Waals surface area contributed by atoms with Gasteiger partial charge in [-0.2, -0.15) is 0 Å². The fraction of sp³-hybridized carbons (Fsp3) is 0.429. The summed E-state index contributed by atoms with van der Waals surface area (Å²) in [6.45, 7) is 19.0. The van der Waals surface area contributed by atoms with Gasteiger partial charge in [0.05, 0.1) is 0 Å². The summed E-state index contributed by atoms with van der Waals surface area (Å²) in [7, 11) is -0.497. The first-order chi connectivity index (χ1) is 15.1. The Morgan fingerprint density at radius 1 is 0.576 bits per heavy atom. The van der Waals surface area contributed by atoms with Crippen LogP contribution in [0.1, 0.15) is 55.4 Å². The Hall–Kier alpha value is -0.867. The first-order valence-electron chi connectivity index (χ1n) is 11.7. The van der Waals surface area contributed by atoms with Crippen molar-refractivity contribution >= 4 is 26.5 Å². The summed E-state index contributed by atoms with van der Waals surface area (Å²) < 4.78 is 5.86. The quantitative estimate of drug-likeness (QED) is 0.150. The third-order valence-electron chi connectivity index (χ3n) is 5.81. The molecule has 33 heavy (non-hydrogen) atoms. The van der Waals surface area contributed by atoms with Gasteiger partial charge >= 0.3 is 208 Å². The standard InChI is InChI=1S/C27H38N2P2.CH3.Rh/c1-20(2)30(21(3)4)26-15-11-9-13-24(26)28-17-18-29(19-28)25-14-10-12-16-27(25)31(22(5)6)23(7)8;;/h9-18,20-23H,1-8H3;1H3;/q;-1;. The van der Waals surface area contributed by atoms with Crippen LogP contribution in [0.5, 0.6) is 0 Å². The predicted octanol–water partition coefficient (Wildman–Crippen LogP) is 7.65. The van der Waals surface area contributed by atoms with Gasteiger partial charge in [0.2, 0.25) is 0 Å². The maximum absolute atomic E-state index is 3.27. The van der Waals surface area contributed by atoms with Crippen LogP contribution in [0.2, 0.25) is 0 Å². The Balaban J connectivity index is 0.00000385. The number of para-hydroxylation sites is 2. The van der Waals surface area contributed by atoms with Gasteiger partial charge in [-0.05, 0) is 0 Å². The summed E-state index contributed by atoms with van der Waals surface area (Å²) in [6.07, 6.45) is 4.46. The van der Waals surface area contributed by atoms with Gasteiger partial charge in [0.15, 0.2) is 0 Å². The minimum Gasteiger partial charge on any atom is -0.358 e. The molecule has 2 aromatic carbocycles. The van der Waals surface area contributed by atoms with Gasteiger partial charge in [0.1, 0.15) is 0 Å². The Morgan fingerprint density at radius 2 is 0.879 bits per heavy atom. The Kier molecular flexibility index (Phi) is 10.5. The second-order valence-electron chi connectivity index (χ2n) is 9.45. The van der Waals surface area contributed by atoms with E-state index in [0.717, 1.165) is 4.01 Å². The number of aromatic nitrogens is 2. The van der Waals surface area contributed by atoms with Gasteiger partial charge in [-0.1, -0.05) is 0 Å². The fourth-order valence-electron chi connectivity index (χ4n) is 4.79. The van der Waals surface area contributed by atoms with Gasteiger partial charge < -0.3 is 7.43 Å². The van der Waals surface area contributed by atoms with Crippen molar-refractivity contribution in [3.63, 3.8) is 0 Å². The second-order valence-corrected chi connectivity index (χ2v) is 16.9. The van der Waals surface area contributed by atoms with Crippen molar-refractivity contribution in [2.24, 2.45) is 0 Å². The molecule has 183 valence electrons. The van der Waals surface area contributed by atoms with E-state index in [0.29, 0.717) is 22.6 Å². The number of rotatable bonds is 8. The summed E-state index contributed by atoms with van der Waals surface area (Å²) in [5, 5.41) is 2.99. The molecule has 1 heterocycles. The summed E-state index contributed by atoms with van der Waals surface area (Å²) >= 11 is 3.27. The number of benzene rings is 2. The van der Waals surface area contributed by atoms with E-state index < -0.39 is 0 Å². The van der Waals surface area contributed by atoms with Crippen molar-refractivity contribution in [3.8, 4) is 11.4 Å². The van der Waals surface area contributed by atoms with Crippen LogP contribution in [-0.2, 0) is 17.9 Å². The molecule has 0 saturated carbocycles. The Labute approximate surface area is 214 Å². The number of nitrogens with zero attached hydrogens (tertiary/aromatic N) is 2. The van der Waals surface area contributed by atoms with E-state index in [1.54, 1.807) is 0 Å². The number of imidazole rings is 1. The topological polar surface area (TPSA) is 9.86 Å². The smallest absolute Gasteiger partial charge is 0.358 e. The van der Waals surface area contributed by atoms with Gasteiger partial charge in [0.25, 0.3) is 0 Å². The monoisotopic (exact) mass is 570 g/mol. The average Bonchev–Trinajstić information content (AvgIpc) is 3.09. The van der Waals surface area contributed by atoms with Crippen molar-refractivity contribution in [2.45, 2.75) is 78.0 Å². The van der Waals surface area contributed by atoms with Gasteiger partial charge in [-0.15, -0.1) is 0 Å². The van der Waals surface area contributed by atoms with E-state index in [-0.39, 0.29) is 23.3 Å². The van der Waals surface area contributed by atoms with Gasteiger partial charge in [0, 0.05) is 0 Å². The van der Waals surface area contributed by atoms with Crippen LogP contribution >= 0.6 is 15.8 Å². The van der Waals surface area contributed by atoms with Crippen LogP contribution in [0.3, 0.4) is 0 Å². The minimum atomic E-state index is -0.248. The van der Waals surface area contributed by atoms with Crippen molar-refractivity contribution < 1.29 is 17.9 Å². The maximum Gasteiger partial charge on any atom is -0.358 e. The molecule has 0 aliphatic rings. The molecule has 3 aromatic rings. The van der Waals surface area contributed by atoms with Crippen LogP contribution in [0, 0.1) is 11.4 Å². The molecule has 0 radical (unpaired) electrons. The molecule has 2 nitrogen and oxygen atoms in total. The molecule has 3 rings (SSSR count). The number of hydrogen-bond donors (Lipinski definition) is 0. The summed E-state index contributed by atoms with van der Waals surface area (Å²) in [5.41, 5.74) is 5.23. The summed E-state index contributed by atoms with van der Waals surface area (Å²) in [6, 6.07) is 18.0. The molecule has 0 N–H and O–H groups in total. The third kappa shape index (κ3) is 6.04. The van der Waals surface area contributed by atoms with E-state index in [1.807, 2.05) is 0 Å². The third-order valence-corrected chi connectivity index (χ3v) is 12.9. The molecule has 0 saturated heterocycles. The maximum atomic E-state index is 3.27. The zero-order chi connectivity index (χ0) is 23.6. The van der Waals surface area contributed by atoms with E-state index >= 15 is 0 Å². The molecule has 0 fully saturated rings. The zero-order valence-corrected chi connectivity index (χ0v) is 25.1. The van der Waals surface area contributed by atoms with Crippen LogP contribution in [0.25, 0.3) is 11.4 Å². The molecular weight excluding hydrogens is 529 g/mol. The Bertz CT molecular complexity index is 995. The largest absolute Gasteiger partial charge is 0.358 e. The van der Waals surface area contributed by atoms with E-state index in [2.05, 4.69) is 143 Å². The van der Waals surface area contributed by atoms with Gasteiger partial charge in [-0.3, -0.25) is 0 Å². The van der Waals surface area contributed by atoms with Crippen LogP contribution in [-0.4, -0.2) is 31.8 Å². The molecule has 0 atom stereocenters. The SMILES string of the molecule is CC(C)P(c1ccccc1-n1ccn(-c2ccccc2P(C(C)C)C(C)C)[c]1=[Rh])C(C)C.[CH3-]. The molecule has 1 aromatic heterocycles. The van der Waals surface area contributed by atoms with E-state index in [4.69, 9.17) is 0 Å². The predicted molar refractivity (Wildman–Crippen MR) is 148 cm³/mol. The average molecular weight is 571 g/mol. The fourth-order valence-corrected chi connectivity index (χ4v) is 11.5.